The molecule has 2 aromatic heterocycles. The highest BCUT2D eigenvalue weighted by Gasteiger charge is 2.24. The molecule has 2 aromatic rings. The Morgan fingerprint density at radius 2 is 2.15 bits per heavy atom. The minimum absolute atomic E-state index is 0.270. The number of esters is 1. The third-order valence-corrected chi connectivity index (χ3v) is 6.13. The molecule has 0 aliphatic carbocycles. The summed E-state index contributed by atoms with van der Waals surface area (Å²) < 4.78 is 5.21. The normalized spacial score (nSPS) is 18.3. The first-order valence-corrected chi connectivity index (χ1v) is 10.1. The van der Waals surface area contributed by atoms with Gasteiger partial charge in [0.25, 0.3) is 0 Å². The van der Waals surface area contributed by atoms with E-state index in [2.05, 4.69) is 28.9 Å². The summed E-state index contributed by atoms with van der Waals surface area (Å²) in [6.07, 6.45) is 2.50. The summed E-state index contributed by atoms with van der Waals surface area (Å²) in [7, 11) is 4.28. The zero-order valence-corrected chi connectivity index (χ0v) is 17.2. The Labute approximate surface area is 159 Å². The zero-order valence-electron chi connectivity index (χ0n) is 16.3. The fourth-order valence-electron chi connectivity index (χ4n) is 3.79. The van der Waals surface area contributed by atoms with Gasteiger partial charge in [-0.15, -0.1) is 11.3 Å². The van der Waals surface area contributed by atoms with Crippen LogP contribution in [0.5, 0.6) is 0 Å². The molecule has 1 aliphatic heterocycles. The van der Waals surface area contributed by atoms with Crippen molar-refractivity contribution in [3.8, 4) is 0 Å². The number of likely N-dealkylation sites (tertiary alicyclic amines) is 1. The van der Waals surface area contributed by atoms with Crippen molar-refractivity contribution < 1.29 is 9.53 Å². The van der Waals surface area contributed by atoms with E-state index in [0.717, 1.165) is 40.5 Å². The predicted octanol–water partition coefficient (Wildman–Crippen LogP) is 3.26. The maximum absolute atomic E-state index is 12.3. The number of carbonyl (C=O) groups is 1. The Hall–Kier alpha value is -1.73. The van der Waals surface area contributed by atoms with Crippen LogP contribution >= 0.6 is 11.3 Å². The molecule has 142 valence electrons. The molecule has 1 unspecified atom stereocenters. The van der Waals surface area contributed by atoms with E-state index in [-0.39, 0.29) is 5.97 Å². The number of aromatic nitrogens is 2. The number of thiophene rings is 1. The van der Waals surface area contributed by atoms with Gasteiger partial charge in [0.05, 0.1) is 12.0 Å². The van der Waals surface area contributed by atoms with Crippen LogP contribution in [0.4, 0.5) is 5.82 Å². The van der Waals surface area contributed by atoms with Gasteiger partial charge in [0, 0.05) is 20.1 Å². The van der Waals surface area contributed by atoms with Crippen molar-refractivity contribution in [2.75, 3.05) is 45.2 Å². The van der Waals surface area contributed by atoms with Crippen LogP contribution in [0.15, 0.2) is 0 Å². The smallest absolute Gasteiger partial charge is 0.348 e. The molecular weight excluding hydrogens is 348 g/mol. The van der Waals surface area contributed by atoms with Crippen molar-refractivity contribution in [3.05, 3.63) is 16.3 Å². The van der Waals surface area contributed by atoms with Gasteiger partial charge in [-0.05, 0) is 58.7 Å². The molecule has 0 bridgehead atoms. The standard InChI is InChI=1S/C19H28N4O2S/c1-6-25-19(24)16-12(2)15-17(20-13(3)21-18(15)26-16)23(5)11-14-8-7-9-22(4)10-14/h14H,6-11H2,1-5H3. The van der Waals surface area contributed by atoms with Crippen molar-refractivity contribution in [1.29, 1.82) is 0 Å². The Morgan fingerprint density at radius 3 is 2.85 bits per heavy atom. The quantitative estimate of drug-likeness (QED) is 0.747. The summed E-state index contributed by atoms with van der Waals surface area (Å²) in [5, 5.41) is 0.982. The van der Waals surface area contributed by atoms with E-state index >= 15 is 0 Å². The number of fused-ring (bicyclic) bond motifs is 1. The lowest BCUT2D eigenvalue weighted by Gasteiger charge is -2.33. The number of aryl methyl sites for hydroxylation is 2. The highest BCUT2D eigenvalue weighted by Crippen LogP contribution is 2.36. The van der Waals surface area contributed by atoms with E-state index in [4.69, 9.17) is 9.72 Å². The van der Waals surface area contributed by atoms with Gasteiger partial charge in [0.2, 0.25) is 0 Å². The van der Waals surface area contributed by atoms with Crippen molar-refractivity contribution in [1.82, 2.24) is 14.9 Å². The Balaban J connectivity index is 1.95. The van der Waals surface area contributed by atoms with Crippen LogP contribution in [0.25, 0.3) is 10.2 Å². The zero-order chi connectivity index (χ0) is 18.8. The molecular formula is C19H28N4O2S. The molecule has 1 aliphatic rings. The van der Waals surface area contributed by atoms with Gasteiger partial charge < -0.3 is 14.5 Å². The second kappa shape index (κ2) is 7.88. The lowest BCUT2D eigenvalue weighted by atomic mass is 9.98. The SMILES string of the molecule is CCOC(=O)c1sc2nc(C)nc(N(C)CC3CCCN(C)C3)c2c1C. The third-order valence-electron chi connectivity index (χ3n) is 4.96. The second-order valence-electron chi connectivity index (χ2n) is 7.20. The molecule has 1 fully saturated rings. The number of piperidine rings is 1. The molecule has 0 spiro atoms. The summed E-state index contributed by atoms with van der Waals surface area (Å²) in [4.78, 5) is 27.7. The molecule has 1 saturated heterocycles. The number of hydrogen-bond acceptors (Lipinski definition) is 7. The first kappa shape index (κ1) is 19.0. The van der Waals surface area contributed by atoms with Gasteiger partial charge in [0.15, 0.2) is 0 Å². The summed E-state index contributed by atoms with van der Waals surface area (Å²) >= 11 is 1.40. The number of hydrogen-bond donors (Lipinski definition) is 0. The summed E-state index contributed by atoms with van der Waals surface area (Å²) in [5.74, 6) is 2.02. The maximum atomic E-state index is 12.3. The van der Waals surface area contributed by atoms with Crippen LogP contribution < -0.4 is 4.90 Å². The first-order valence-electron chi connectivity index (χ1n) is 9.25. The lowest BCUT2D eigenvalue weighted by molar-refractivity contribution is 0.0531. The van der Waals surface area contributed by atoms with Crippen LogP contribution in [0.1, 0.15) is 40.8 Å². The molecule has 0 N–H and O–H groups in total. The predicted molar refractivity (Wildman–Crippen MR) is 106 cm³/mol. The van der Waals surface area contributed by atoms with E-state index in [9.17, 15) is 4.79 Å². The van der Waals surface area contributed by atoms with E-state index < -0.39 is 0 Å². The Morgan fingerprint density at radius 1 is 1.38 bits per heavy atom. The highest BCUT2D eigenvalue weighted by molar-refractivity contribution is 7.20. The highest BCUT2D eigenvalue weighted by atomic mass is 32.1. The molecule has 7 heteroatoms. The van der Waals surface area contributed by atoms with Gasteiger partial charge in [0.1, 0.15) is 21.3 Å². The van der Waals surface area contributed by atoms with E-state index in [0.29, 0.717) is 17.4 Å². The number of carbonyl (C=O) groups excluding carboxylic acids is 1. The van der Waals surface area contributed by atoms with Crippen LogP contribution in [0, 0.1) is 19.8 Å². The van der Waals surface area contributed by atoms with Gasteiger partial charge in [-0.3, -0.25) is 0 Å². The van der Waals surface area contributed by atoms with Gasteiger partial charge in [-0.2, -0.15) is 0 Å². The van der Waals surface area contributed by atoms with Crippen molar-refractivity contribution in [3.63, 3.8) is 0 Å². The minimum atomic E-state index is -0.270. The van der Waals surface area contributed by atoms with Crippen LogP contribution in [-0.2, 0) is 4.74 Å². The van der Waals surface area contributed by atoms with Crippen molar-refractivity contribution in [2.45, 2.75) is 33.6 Å². The van der Waals surface area contributed by atoms with Crippen LogP contribution in [0.3, 0.4) is 0 Å². The Kier molecular flexibility index (Phi) is 5.77. The molecule has 0 amide bonds. The molecule has 26 heavy (non-hydrogen) atoms. The third kappa shape index (κ3) is 3.83. The summed E-state index contributed by atoms with van der Waals surface area (Å²) in [5.41, 5.74) is 0.922. The number of rotatable bonds is 5. The van der Waals surface area contributed by atoms with Gasteiger partial charge >= 0.3 is 5.97 Å². The molecule has 1 atom stereocenters. The summed E-state index contributed by atoms with van der Waals surface area (Å²) in [6, 6.07) is 0. The van der Waals surface area contributed by atoms with Crippen molar-refractivity contribution >= 4 is 33.3 Å². The van der Waals surface area contributed by atoms with Gasteiger partial charge in [-0.25, -0.2) is 14.8 Å². The largest absolute Gasteiger partial charge is 0.462 e. The maximum Gasteiger partial charge on any atom is 0.348 e. The summed E-state index contributed by atoms with van der Waals surface area (Å²) in [6.45, 7) is 9.33. The van der Waals surface area contributed by atoms with E-state index in [1.165, 1.54) is 30.7 Å². The average molecular weight is 377 g/mol. The number of ether oxygens (including phenoxy) is 1. The molecule has 6 nitrogen and oxygen atoms in total. The van der Waals surface area contributed by atoms with E-state index in [1.54, 1.807) is 0 Å². The Bertz CT molecular complexity index is 804. The topological polar surface area (TPSA) is 58.6 Å². The van der Waals surface area contributed by atoms with Crippen molar-refractivity contribution in [2.24, 2.45) is 5.92 Å². The number of anilines is 1. The monoisotopic (exact) mass is 376 g/mol. The second-order valence-corrected chi connectivity index (χ2v) is 8.20. The van der Waals surface area contributed by atoms with Crippen LogP contribution in [0.2, 0.25) is 0 Å². The van der Waals surface area contributed by atoms with Gasteiger partial charge in [-0.1, -0.05) is 0 Å². The lowest BCUT2D eigenvalue weighted by Crippen LogP contribution is -2.38. The molecule has 0 aromatic carbocycles. The molecule has 3 heterocycles. The fraction of sp³-hybridized carbons (Fsp3) is 0.632. The fourth-order valence-corrected chi connectivity index (χ4v) is 4.90. The van der Waals surface area contributed by atoms with Crippen LogP contribution in [-0.4, -0.2) is 61.2 Å². The molecule has 3 rings (SSSR count). The number of nitrogens with zero attached hydrogens (tertiary/aromatic N) is 4. The minimum Gasteiger partial charge on any atom is -0.462 e. The molecule has 0 radical (unpaired) electrons. The van der Waals surface area contributed by atoms with E-state index in [1.807, 2.05) is 20.8 Å². The molecule has 0 saturated carbocycles. The average Bonchev–Trinajstić information content (AvgIpc) is 2.91. The first-order chi connectivity index (χ1) is 12.4.